The number of aromatic amines is 1. The van der Waals surface area contributed by atoms with Crippen LogP contribution in [0.3, 0.4) is 0 Å². The molecule has 4 aromatic rings. The first-order chi connectivity index (χ1) is 11.3. The molecular formula is C19H16N4. The Morgan fingerprint density at radius 2 is 1.70 bits per heavy atom. The maximum absolute atomic E-state index is 4.25. The summed E-state index contributed by atoms with van der Waals surface area (Å²) in [5.74, 6) is 0.870. The van der Waals surface area contributed by atoms with Crippen molar-refractivity contribution in [3.05, 3.63) is 67.1 Å². The zero-order chi connectivity index (χ0) is 15.6. The molecule has 0 spiro atoms. The molecule has 0 aliphatic rings. The summed E-state index contributed by atoms with van der Waals surface area (Å²) in [5, 5.41) is 4.24. The molecule has 4 nitrogen and oxygen atoms in total. The zero-order valence-electron chi connectivity index (χ0n) is 12.7. The number of nitrogens with one attached hydrogen (secondary N) is 2. The monoisotopic (exact) mass is 300 g/mol. The van der Waals surface area contributed by atoms with Crippen molar-refractivity contribution < 1.29 is 0 Å². The first-order valence-electron chi connectivity index (χ1n) is 7.51. The molecule has 0 aliphatic carbocycles. The van der Waals surface area contributed by atoms with E-state index in [0.29, 0.717) is 0 Å². The standard InChI is InChI=1S/C19H16N4/c1-20-19-11-15(7-9-22-19)13-2-4-14(5-3-13)17-10-16-6-8-21-12-18(16)23-17/h2-12,23H,1H3,(H,20,22). The fourth-order valence-electron chi connectivity index (χ4n) is 2.72. The van der Waals surface area contributed by atoms with Crippen molar-refractivity contribution in [3.63, 3.8) is 0 Å². The second-order valence-corrected chi connectivity index (χ2v) is 5.40. The number of hydrogen-bond donors (Lipinski definition) is 2. The van der Waals surface area contributed by atoms with Crippen LogP contribution in [0.15, 0.2) is 67.1 Å². The predicted molar refractivity (Wildman–Crippen MR) is 94.3 cm³/mol. The van der Waals surface area contributed by atoms with E-state index in [4.69, 9.17) is 0 Å². The van der Waals surface area contributed by atoms with Crippen LogP contribution in [0.4, 0.5) is 5.82 Å². The van der Waals surface area contributed by atoms with Gasteiger partial charge in [0.15, 0.2) is 0 Å². The molecule has 0 atom stereocenters. The Morgan fingerprint density at radius 3 is 2.48 bits per heavy atom. The maximum Gasteiger partial charge on any atom is 0.126 e. The van der Waals surface area contributed by atoms with E-state index in [1.807, 2.05) is 43.8 Å². The second kappa shape index (κ2) is 5.57. The van der Waals surface area contributed by atoms with Crippen LogP contribution in [0.25, 0.3) is 33.3 Å². The molecule has 0 bridgehead atoms. The van der Waals surface area contributed by atoms with Gasteiger partial charge in [-0.1, -0.05) is 24.3 Å². The van der Waals surface area contributed by atoms with Crippen molar-refractivity contribution in [1.82, 2.24) is 15.0 Å². The van der Waals surface area contributed by atoms with Gasteiger partial charge in [-0.3, -0.25) is 4.98 Å². The number of nitrogens with zero attached hydrogens (tertiary/aromatic N) is 2. The summed E-state index contributed by atoms with van der Waals surface area (Å²) in [6.45, 7) is 0. The Bertz CT molecular complexity index is 921. The molecular weight excluding hydrogens is 284 g/mol. The van der Waals surface area contributed by atoms with Crippen molar-refractivity contribution in [3.8, 4) is 22.4 Å². The molecule has 0 saturated carbocycles. The van der Waals surface area contributed by atoms with Crippen LogP contribution < -0.4 is 5.32 Å². The Morgan fingerprint density at radius 1 is 0.870 bits per heavy atom. The largest absolute Gasteiger partial charge is 0.373 e. The fourth-order valence-corrected chi connectivity index (χ4v) is 2.72. The van der Waals surface area contributed by atoms with Gasteiger partial charge in [0.05, 0.1) is 11.7 Å². The molecule has 23 heavy (non-hydrogen) atoms. The van der Waals surface area contributed by atoms with Crippen LogP contribution in [-0.2, 0) is 0 Å². The van der Waals surface area contributed by atoms with Crippen LogP contribution in [0, 0.1) is 0 Å². The van der Waals surface area contributed by atoms with Crippen LogP contribution in [0.2, 0.25) is 0 Å². The molecule has 0 saturated heterocycles. The number of rotatable bonds is 3. The summed E-state index contributed by atoms with van der Waals surface area (Å²) in [6.07, 6.45) is 5.48. The quantitative estimate of drug-likeness (QED) is 0.592. The molecule has 4 rings (SSSR count). The van der Waals surface area contributed by atoms with E-state index in [-0.39, 0.29) is 0 Å². The molecule has 112 valence electrons. The van der Waals surface area contributed by atoms with Gasteiger partial charge in [-0.2, -0.15) is 0 Å². The van der Waals surface area contributed by atoms with E-state index in [0.717, 1.165) is 28.2 Å². The average molecular weight is 300 g/mol. The lowest BCUT2D eigenvalue weighted by Gasteiger charge is -2.05. The van der Waals surface area contributed by atoms with Gasteiger partial charge < -0.3 is 10.3 Å². The first-order valence-corrected chi connectivity index (χ1v) is 7.51. The molecule has 0 unspecified atom stereocenters. The number of benzene rings is 1. The number of H-pyrrole nitrogens is 1. The third kappa shape index (κ3) is 2.55. The van der Waals surface area contributed by atoms with E-state index in [1.54, 1.807) is 0 Å². The summed E-state index contributed by atoms with van der Waals surface area (Å²) in [5.41, 5.74) is 5.64. The maximum atomic E-state index is 4.25. The highest BCUT2D eigenvalue weighted by Crippen LogP contribution is 2.27. The van der Waals surface area contributed by atoms with E-state index in [9.17, 15) is 0 Å². The number of fused-ring (bicyclic) bond motifs is 1. The van der Waals surface area contributed by atoms with Gasteiger partial charge in [0.1, 0.15) is 5.82 Å². The third-order valence-corrected chi connectivity index (χ3v) is 3.97. The normalized spacial score (nSPS) is 10.8. The lowest BCUT2D eigenvalue weighted by molar-refractivity contribution is 1.29. The molecule has 3 aromatic heterocycles. The summed E-state index contributed by atoms with van der Waals surface area (Å²) in [6, 6.07) is 16.8. The number of anilines is 1. The predicted octanol–water partition coefficient (Wildman–Crippen LogP) is 4.33. The summed E-state index contributed by atoms with van der Waals surface area (Å²) in [7, 11) is 1.87. The van der Waals surface area contributed by atoms with Gasteiger partial charge in [0.25, 0.3) is 0 Å². The SMILES string of the molecule is CNc1cc(-c2ccc(-c3cc4ccncc4[nH]3)cc2)ccn1. The average Bonchev–Trinajstić information content (AvgIpc) is 3.06. The van der Waals surface area contributed by atoms with Gasteiger partial charge in [0.2, 0.25) is 0 Å². The van der Waals surface area contributed by atoms with Crippen LogP contribution in [-0.4, -0.2) is 22.0 Å². The Labute approximate surface area is 134 Å². The minimum Gasteiger partial charge on any atom is -0.373 e. The Kier molecular flexibility index (Phi) is 3.27. The molecule has 2 N–H and O–H groups in total. The van der Waals surface area contributed by atoms with Crippen LogP contribution in [0.5, 0.6) is 0 Å². The highest BCUT2D eigenvalue weighted by atomic mass is 14.9. The highest BCUT2D eigenvalue weighted by Gasteiger charge is 2.04. The van der Waals surface area contributed by atoms with Gasteiger partial charge in [-0.25, -0.2) is 4.98 Å². The van der Waals surface area contributed by atoms with Gasteiger partial charge in [-0.05, 0) is 41.0 Å². The summed E-state index contributed by atoms with van der Waals surface area (Å²) >= 11 is 0. The van der Waals surface area contributed by atoms with Crippen LogP contribution in [0.1, 0.15) is 0 Å². The van der Waals surface area contributed by atoms with Gasteiger partial charge in [0, 0.05) is 30.5 Å². The molecule has 1 aromatic carbocycles. The molecule has 3 heterocycles. The topological polar surface area (TPSA) is 53.6 Å². The summed E-state index contributed by atoms with van der Waals surface area (Å²) in [4.78, 5) is 11.8. The number of aromatic nitrogens is 3. The van der Waals surface area contributed by atoms with Crippen LogP contribution >= 0.6 is 0 Å². The molecule has 0 aliphatic heterocycles. The van der Waals surface area contributed by atoms with Crippen molar-refractivity contribution in [2.45, 2.75) is 0 Å². The number of hydrogen-bond acceptors (Lipinski definition) is 3. The van der Waals surface area contributed by atoms with E-state index in [2.05, 4.69) is 50.6 Å². The molecule has 0 amide bonds. The molecule has 0 radical (unpaired) electrons. The zero-order valence-corrected chi connectivity index (χ0v) is 12.7. The summed E-state index contributed by atoms with van der Waals surface area (Å²) < 4.78 is 0. The second-order valence-electron chi connectivity index (χ2n) is 5.40. The van der Waals surface area contributed by atoms with Crippen molar-refractivity contribution in [2.75, 3.05) is 12.4 Å². The van der Waals surface area contributed by atoms with Crippen molar-refractivity contribution in [1.29, 1.82) is 0 Å². The lowest BCUT2D eigenvalue weighted by Crippen LogP contribution is -1.91. The number of pyridine rings is 2. The Balaban J connectivity index is 1.69. The lowest BCUT2D eigenvalue weighted by atomic mass is 10.0. The minimum atomic E-state index is 0.870. The fraction of sp³-hybridized carbons (Fsp3) is 0.0526. The van der Waals surface area contributed by atoms with Crippen molar-refractivity contribution >= 4 is 16.7 Å². The first kappa shape index (κ1) is 13.5. The van der Waals surface area contributed by atoms with E-state index >= 15 is 0 Å². The highest BCUT2D eigenvalue weighted by molar-refractivity contribution is 5.85. The van der Waals surface area contributed by atoms with E-state index < -0.39 is 0 Å². The third-order valence-electron chi connectivity index (χ3n) is 3.97. The Hall–Kier alpha value is -3.14. The molecule has 4 heteroatoms. The van der Waals surface area contributed by atoms with Gasteiger partial charge >= 0.3 is 0 Å². The van der Waals surface area contributed by atoms with E-state index in [1.165, 1.54) is 10.9 Å². The van der Waals surface area contributed by atoms with Gasteiger partial charge in [-0.15, -0.1) is 0 Å². The van der Waals surface area contributed by atoms with Crippen molar-refractivity contribution in [2.24, 2.45) is 0 Å². The minimum absolute atomic E-state index is 0.870. The molecule has 0 fully saturated rings. The smallest absolute Gasteiger partial charge is 0.126 e.